The van der Waals surface area contributed by atoms with Crippen LogP contribution in [0.1, 0.15) is 12.8 Å². The zero-order valence-corrected chi connectivity index (χ0v) is 13.4. The third-order valence-corrected chi connectivity index (χ3v) is 4.45. The molecular weight excluding hydrogens is 310 g/mol. The Morgan fingerprint density at radius 3 is 2.91 bits per heavy atom. The highest BCUT2D eigenvalue weighted by Gasteiger charge is 2.21. The van der Waals surface area contributed by atoms with Crippen LogP contribution < -0.4 is 10.2 Å². The van der Waals surface area contributed by atoms with E-state index >= 15 is 0 Å². The van der Waals surface area contributed by atoms with Crippen molar-refractivity contribution in [2.24, 2.45) is 0 Å². The summed E-state index contributed by atoms with van der Waals surface area (Å²) in [6.45, 7) is 0.742. The number of benzene rings is 1. The topological polar surface area (TPSA) is 62.3 Å². The van der Waals surface area contributed by atoms with Crippen LogP contribution in [0, 0.1) is 0 Å². The van der Waals surface area contributed by atoms with Crippen LogP contribution in [0.4, 0.5) is 11.4 Å². The van der Waals surface area contributed by atoms with Gasteiger partial charge < -0.3 is 10.2 Å². The zero-order chi connectivity index (χ0) is 16.1. The minimum Gasteiger partial charge on any atom is -0.325 e. The quantitative estimate of drug-likeness (QED) is 0.858. The van der Waals surface area contributed by atoms with Crippen molar-refractivity contribution in [2.75, 3.05) is 22.5 Å². The Bertz CT molecular complexity index is 706. The number of aromatic nitrogens is 1. The molecule has 2 amide bonds. The first kappa shape index (κ1) is 15.6. The average molecular weight is 327 g/mol. The van der Waals surface area contributed by atoms with Gasteiger partial charge in [0, 0.05) is 30.5 Å². The fourth-order valence-electron chi connectivity index (χ4n) is 2.44. The maximum absolute atomic E-state index is 12.0. The van der Waals surface area contributed by atoms with Crippen molar-refractivity contribution in [3.63, 3.8) is 0 Å². The van der Waals surface area contributed by atoms with Gasteiger partial charge in [0.25, 0.3) is 0 Å². The van der Waals surface area contributed by atoms with Crippen molar-refractivity contribution in [3.05, 3.63) is 48.7 Å². The number of hydrogen-bond acceptors (Lipinski definition) is 4. The van der Waals surface area contributed by atoms with Crippen molar-refractivity contribution < 1.29 is 9.59 Å². The highest BCUT2D eigenvalue weighted by molar-refractivity contribution is 7.99. The Labute approximate surface area is 139 Å². The van der Waals surface area contributed by atoms with Crippen molar-refractivity contribution in [2.45, 2.75) is 17.9 Å². The van der Waals surface area contributed by atoms with E-state index in [0.717, 1.165) is 23.7 Å². The Morgan fingerprint density at radius 1 is 1.26 bits per heavy atom. The summed E-state index contributed by atoms with van der Waals surface area (Å²) in [5.41, 5.74) is 1.54. The zero-order valence-electron chi connectivity index (χ0n) is 12.6. The number of hydrogen-bond donors (Lipinski definition) is 1. The number of nitrogens with one attached hydrogen (secondary N) is 1. The molecule has 0 atom stereocenters. The molecule has 1 aromatic carbocycles. The molecule has 2 heterocycles. The maximum Gasteiger partial charge on any atom is 0.234 e. The van der Waals surface area contributed by atoms with E-state index in [-0.39, 0.29) is 11.8 Å². The van der Waals surface area contributed by atoms with Crippen molar-refractivity contribution >= 4 is 35.0 Å². The van der Waals surface area contributed by atoms with Crippen molar-refractivity contribution in [1.82, 2.24) is 4.98 Å². The smallest absolute Gasteiger partial charge is 0.234 e. The fourth-order valence-corrected chi connectivity index (χ4v) is 3.10. The second-order valence-electron chi connectivity index (χ2n) is 5.20. The first-order valence-corrected chi connectivity index (χ1v) is 8.45. The van der Waals surface area contributed by atoms with E-state index in [4.69, 9.17) is 0 Å². The van der Waals surface area contributed by atoms with Gasteiger partial charge in [-0.3, -0.25) is 9.59 Å². The lowest BCUT2D eigenvalue weighted by Crippen LogP contribution is -2.23. The molecule has 1 aliphatic rings. The lowest BCUT2D eigenvalue weighted by atomic mass is 10.2. The Morgan fingerprint density at radius 2 is 2.17 bits per heavy atom. The van der Waals surface area contributed by atoms with Gasteiger partial charge in [0.15, 0.2) is 0 Å². The third kappa shape index (κ3) is 4.10. The van der Waals surface area contributed by atoms with Crippen molar-refractivity contribution in [1.29, 1.82) is 0 Å². The highest BCUT2D eigenvalue weighted by atomic mass is 32.2. The van der Waals surface area contributed by atoms with Gasteiger partial charge in [0.05, 0.1) is 10.8 Å². The maximum atomic E-state index is 12.0. The number of amides is 2. The summed E-state index contributed by atoms with van der Waals surface area (Å²) in [7, 11) is 0. The monoisotopic (exact) mass is 327 g/mol. The standard InChI is InChI=1S/C17H17N3O2S/c21-15(12-23-16-7-1-2-9-18-16)19-13-5-3-6-14(11-13)20-10-4-8-17(20)22/h1-3,5-7,9,11H,4,8,10,12H2,(H,19,21). The summed E-state index contributed by atoms with van der Waals surface area (Å²) in [4.78, 5) is 29.8. The normalized spacial score (nSPS) is 14.1. The molecule has 0 saturated carbocycles. The molecule has 1 N–H and O–H groups in total. The Hall–Kier alpha value is -2.34. The van der Waals surface area contributed by atoms with Crippen LogP contribution >= 0.6 is 11.8 Å². The second-order valence-corrected chi connectivity index (χ2v) is 6.20. The molecule has 2 aromatic rings. The molecule has 3 rings (SSSR count). The van der Waals surface area contributed by atoms with Crippen LogP contribution in [0.15, 0.2) is 53.7 Å². The lowest BCUT2D eigenvalue weighted by Gasteiger charge is -2.16. The van der Waals surface area contributed by atoms with Gasteiger partial charge in [0.2, 0.25) is 11.8 Å². The fraction of sp³-hybridized carbons (Fsp3) is 0.235. The number of rotatable bonds is 5. The third-order valence-electron chi connectivity index (χ3n) is 3.50. The molecule has 0 bridgehead atoms. The molecule has 0 aliphatic carbocycles. The number of carbonyl (C=O) groups excluding carboxylic acids is 2. The number of anilines is 2. The summed E-state index contributed by atoms with van der Waals surface area (Å²) in [5.74, 6) is 0.342. The largest absolute Gasteiger partial charge is 0.325 e. The second kappa shape index (κ2) is 7.28. The first-order valence-electron chi connectivity index (χ1n) is 7.46. The predicted octanol–water partition coefficient (Wildman–Crippen LogP) is 2.94. The van der Waals surface area contributed by atoms with Crippen LogP contribution in [0.3, 0.4) is 0 Å². The van der Waals surface area contributed by atoms with Gasteiger partial charge in [-0.2, -0.15) is 0 Å². The van der Waals surface area contributed by atoms with E-state index in [9.17, 15) is 9.59 Å². The summed E-state index contributed by atoms with van der Waals surface area (Å²) >= 11 is 1.39. The van der Waals surface area contributed by atoms with E-state index in [1.807, 2.05) is 42.5 Å². The lowest BCUT2D eigenvalue weighted by molar-refractivity contribution is -0.117. The Balaban J connectivity index is 1.59. The summed E-state index contributed by atoms with van der Waals surface area (Å²) in [6.07, 6.45) is 3.18. The molecule has 1 aromatic heterocycles. The highest BCUT2D eigenvalue weighted by Crippen LogP contribution is 2.24. The van der Waals surface area contributed by atoms with E-state index in [1.165, 1.54) is 11.8 Å². The van der Waals surface area contributed by atoms with Gasteiger partial charge in [-0.05, 0) is 36.8 Å². The number of carbonyl (C=O) groups is 2. The summed E-state index contributed by atoms with van der Waals surface area (Å²) < 4.78 is 0. The molecule has 0 unspecified atom stereocenters. The molecule has 6 heteroatoms. The van der Waals surface area contributed by atoms with Gasteiger partial charge in [0.1, 0.15) is 0 Å². The van der Waals surface area contributed by atoms with E-state index in [2.05, 4.69) is 10.3 Å². The van der Waals surface area contributed by atoms with Crippen LogP contribution in [0.5, 0.6) is 0 Å². The SMILES string of the molecule is O=C(CSc1ccccn1)Nc1cccc(N2CCCC2=O)c1. The van der Waals surface area contributed by atoms with E-state index in [0.29, 0.717) is 17.9 Å². The summed E-state index contributed by atoms with van der Waals surface area (Å²) in [6, 6.07) is 13.0. The molecule has 0 radical (unpaired) electrons. The van der Waals surface area contributed by atoms with Crippen molar-refractivity contribution in [3.8, 4) is 0 Å². The molecule has 1 fully saturated rings. The molecule has 118 valence electrons. The Kier molecular flexibility index (Phi) is 4.92. The van der Waals surface area contributed by atoms with Crippen LogP contribution in [0.25, 0.3) is 0 Å². The molecule has 0 spiro atoms. The first-order chi connectivity index (χ1) is 11.2. The minimum absolute atomic E-state index is 0.0921. The van der Waals surface area contributed by atoms with Crippen LogP contribution in [0.2, 0.25) is 0 Å². The number of nitrogens with zero attached hydrogens (tertiary/aromatic N) is 2. The van der Waals surface area contributed by atoms with Gasteiger partial charge in [-0.1, -0.05) is 23.9 Å². The summed E-state index contributed by atoms with van der Waals surface area (Å²) in [5, 5.41) is 3.68. The van der Waals surface area contributed by atoms with Crippen LogP contribution in [-0.4, -0.2) is 29.1 Å². The number of pyridine rings is 1. The average Bonchev–Trinajstić information content (AvgIpc) is 3.00. The van der Waals surface area contributed by atoms with E-state index in [1.54, 1.807) is 11.1 Å². The minimum atomic E-state index is -0.0921. The molecule has 5 nitrogen and oxygen atoms in total. The molecule has 1 saturated heterocycles. The molecule has 1 aliphatic heterocycles. The van der Waals surface area contributed by atoms with Crippen LogP contribution in [-0.2, 0) is 9.59 Å². The van der Waals surface area contributed by atoms with Gasteiger partial charge >= 0.3 is 0 Å². The molecule has 23 heavy (non-hydrogen) atoms. The molecular formula is C17H17N3O2S. The van der Waals surface area contributed by atoms with E-state index < -0.39 is 0 Å². The van der Waals surface area contributed by atoms with Gasteiger partial charge in [-0.15, -0.1) is 0 Å². The number of thioether (sulfide) groups is 1. The van der Waals surface area contributed by atoms with Gasteiger partial charge in [-0.25, -0.2) is 4.98 Å². The predicted molar refractivity (Wildman–Crippen MR) is 91.6 cm³/mol.